The summed E-state index contributed by atoms with van der Waals surface area (Å²) in [5.41, 5.74) is 0.735. The number of benzene rings is 1. The molecular formula is C10H9BrO3. The molecule has 74 valence electrons. The SMILES string of the molecule is C=C(OC(=O)OC)c1ccc(Br)cc1. The standard InChI is InChI=1S/C10H9BrO3/c1-7(14-10(12)13-2)8-3-5-9(11)6-4-8/h3-6H,1H2,2H3. The zero-order chi connectivity index (χ0) is 10.6. The number of carbonyl (C=O) groups excluding carboxylic acids is 1. The van der Waals surface area contributed by atoms with Crippen LogP contribution >= 0.6 is 15.9 Å². The summed E-state index contributed by atoms with van der Waals surface area (Å²) < 4.78 is 10.0. The first-order valence-corrected chi connectivity index (χ1v) is 4.63. The van der Waals surface area contributed by atoms with Crippen LogP contribution in [-0.4, -0.2) is 13.3 Å². The lowest BCUT2D eigenvalue weighted by molar-refractivity contribution is 0.112. The molecule has 0 saturated carbocycles. The minimum absolute atomic E-state index is 0.268. The van der Waals surface area contributed by atoms with Crippen LogP contribution in [-0.2, 0) is 9.47 Å². The predicted molar refractivity (Wildman–Crippen MR) is 56.7 cm³/mol. The average molecular weight is 257 g/mol. The van der Waals surface area contributed by atoms with Gasteiger partial charge in [-0.3, -0.25) is 0 Å². The number of hydrogen-bond acceptors (Lipinski definition) is 3. The first kappa shape index (κ1) is 10.8. The smallest absolute Gasteiger partial charge is 0.437 e. The van der Waals surface area contributed by atoms with E-state index in [0.717, 1.165) is 10.0 Å². The summed E-state index contributed by atoms with van der Waals surface area (Å²) in [7, 11) is 1.25. The van der Waals surface area contributed by atoms with Gasteiger partial charge in [-0.15, -0.1) is 0 Å². The molecule has 1 aromatic carbocycles. The van der Waals surface area contributed by atoms with E-state index in [1.54, 1.807) is 12.1 Å². The third-order valence-electron chi connectivity index (χ3n) is 1.54. The second-order valence-electron chi connectivity index (χ2n) is 2.49. The van der Waals surface area contributed by atoms with Crippen molar-refractivity contribution in [2.75, 3.05) is 7.11 Å². The van der Waals surface area contributed by atoms with E-state index in [-0.39, 0.29) is 5.76 Å². The van der Waals surface area contributed by atoms with E-state index in [9.17, 15) is 4.79 Å². The highest BCUT2D eigenvalue weighted by Gasteiger charge is 2.06. The van der Waals surface area contributed by atoms with Crippen LogP contribution in [0.15, 0.2) is 35.3 Å². The van der Waals surface area contributed by atoms with E-state index in [0.29, 0.717) is 0 Å². The number of rotatable bonds is 2. The monoisotopic (exact) mass is 256 g/mol. The van der Waals surface area contributed by atoms with Gasteiger partial charge >= 0.3 is 6.16 Å². The molecule has 0 heterocycles. The lowest BCUT2D eigenvalue weighted by Crippen LogP contribution is -2.02. The van der Waals surface area contributed by atoms with Crippen LogP contribution in [0.5, 0.6) is 0 Å². The predicted octanol–water partition coefficient (Wildman–Crippen LogP) is 3.20. The summed E-state index contributed by atoms with van der Waals surface area (Å²) in [5.74, 6) is 0.268. The molecule has 0 saturated heterocycles. The summed E-state index contributed by atoms with van der Waals surface area (Å²) in [6.45, 7) is 3.60. The molecule has 0 atom stereocenters. The van der Waals surface area contributed by atoms with Crippen LogP contribution in [0.3, 0.4) is 0 Å². The number of carbonyl (C=O) groups is 1. The molecule has 0 amide bonds. The Hall–Kier alpha value is -1.29. The number of hydrogen-bond donors (Lipinski definition) is 0. The maximum absolute atomic E-state index is 10.7. The van der Waals surface area contributed by atoms with Gasteiger partial charge < -0.3 is 9.47 Å². The second kappa shape index (κ2) is 4.81. The van der Waals surface area contributed by atoms with Crippen LogP contribution in [0, 0.1) is 0 Å². The van der Waals surface area contributed by atoms with Gasteiger partial charge in [0, 0.05) is 10.0 Å². The largest absolute Gasteiger partial charge is 0.513 e. The molecule has 0 unspecified atom stereocenters. The summed E-state index contributed by atoms with van der Waals surface area (Å²) in [5, 5.41) is 0. The fourth-order valence-electron chi connectivity index (χ4n) is 0.837. The fourth-order valence-corrected chi connectivity index (χ4v) is 1.10. The quantitative estimate of drug-likeness (QED) is 0.602. The molecule has 0 aliphatic carbocycles. The van der Waals surface area contributed by atoms with Crippen LogP contribution in [0.1, 0.15) is 5.56 Å². The second-order valence-corrected chi connectivity index (χ2v) is 3.40. The molecule has 1 rings (SSSR count). The summed E-state index contributed by atoms with van der Waals surface area (Å²) in [6, 6.07) is 7.24. The molecule has 0 N–H and O–H groups in total. The fraction of sp³-hybridized carbons (Fsp3) is 0.100. The summed E-state index contributed by atoms with van der Waals surface area (Å²) >= 11 is 3.30. The van der Waals surface area contributed by atoms with Crippen molar-refractivity contribution in [3.8, 4) is 0 Å². The van der Waals surface area contributed by atoms with Gasteiger partial charge in [-0.25, -0.2) is 4.79 Å². The van der Waals surface area contributed by atoms with E-state index >= 15 is 0 Å². The molecule has 0 bridgehead atoms. The van der Waals surface area contributed by atoms with Crippen molar-refractivity contribution >= 4 is 27.8 Å². The van der Waals surface area contributed by atoms with Crippen LogP contribution in [0.4, 0.5) is 4.79 Å². The molecule has 0 aliphatic rings. The summed E-state index contributed by atoms with van der Waals surface area (Å²) in [4.78, 5) is 10.7. The Bertz CT molecular complexity index is 343. The highest BCUT2D eigenvalue weighted by molar-refractivity contribution is 9.10. The number of methoxy groups -OCH3 is 1. The van der Waals surface area contributed by atoms with Gasteiger partial charge in [-0.05, 0) is 12.1 Å². The van der Waals surface area contributed by atoms with Crippen LogP contribution < -0.4 is 0 Å². The van der Waals surface area contributed by atoms with Crippen molar-refractivity contribution in [1.29, 1.82) is 0 Å². The van der Waals surface area contributed by atoms with Crippen LogP contribution in [0.25, 0.3) is 5.76 Å². The molecule has 4 heteroatoms. The molecule has 0 aromatic heterocycles. The maximum atomic E-state index is 10.7. The zero-order valence-corrected chi connectivity index (χ0v) is 9.21. The zero-order valence-electron chi connectivity index (χ0n) is 7.62. The van der Waals surface area contributed by atoms with E-state index in [2.05, 4.69) is 27.2 Å². The minimum Gasteiger partial charge on any atom is -0.437 e. The van der Waals surface area contributed by atoms with Gasteiger partial charge in [0.05, 0.1) is 7.11 Å². The Morgan fingerprint density at radius 3 is 2.43 bits per heavy atom. The van der Waals surface area contributed by atoms with Gasteiger partial charge in [0.25, 0.3) is 0 Å². The Labute approximate surface area is 90.5 Å². The maximum Gasteiger partial charge on any atom is 0.513 e. The van der Waals surface area contributed by atoms with Gasteiger partial charge in [0.1, 0.15) is 5.76 Å². The summed E-state index contributed by atoms with van der Waals surface area (Å²) in [6.07, 6.45) is -0.766. The lowest BCUT2D eigenvalue weighted by Gasteiger charge is -2.05. The lowest BCUT2D eigenvalue weighted by atomic mass is 10.2. The first-order chi connectivity index (χ1) is 6.63. The van der Waals surface area contributed by atoms with Crippen molar-refractivity contribution in [2.45, 2.75) is 0 Å². The Kier molecular flexibility index (Phi) is 3.71. The third kappa shape index (κ3) is 2.88. The van der Waals surface area contributed by atoms with E-state index < -0.39 is 6.16 Å². The van der Waals surface area contributed by atoms with Crippen molar-refractivity contribution < 1.29 is 14.3 Å². The Morgan fingerprint density at radius 1 is 1.36 bits per heavy atom. The van der Waals surface area contributed by atoms with Crippen molar-refractivity contribution in [3.63, 3.8) is 0 Å². The highest BCUT2D eigenvalue weighted by Crippen LogP contribution is 2.17. The minimum atomic E-state index is -0.766. The van der Waals surface area contributed by atoms with Crippen molar-refractivity contribution in [2.24, 2.45) is 0 Å². The molecule has 3 nitrogen and oxygen atoms in total. The molecule has 0 aliphatic heterocycles. The van der Waals surface area contributed by atoms with E-state index in [4.69, 9.17) is 4.74 Å². The Balaban J connectivity index is 2.70. The molecule has 0 radical (unpaired) electrons. The van der Waals surface area contributed by atoms with Gasteiger partial charge in [0.2, 0.25) is 0 Å². The van der Waals surface area contributed by atoms with Crippen LogP contribution in [0.2, 0.25) is 0 Å². The Morgan fingerprint density at radius 2 is 1.93 bits per heavy atom. The topological polar surface area (TPSA) is 35.5 Å². The van der Waals surface area contributed by atoms with Crippen molar-refractivity contribution in [1.82, 2.24) is 0 Å². The van der Waals surface area contributed by atoms with Gasteiger partial charge in [-0.1, -0.05) is 34.6 Å². The number of halogens is 1. The molecule has 14 heavy (non-hydrogen) atoms. The molecular weight excluding hydrogens is 248 g/mol. The van der Waals surface area contributed by atoms with Crippen molar-refractivity contribution in [3.05, 3.63) is 40.9 Å². The molecule has 0 fully saturated rings. The number of ether oxygens (including phenoxy) is 2. The van der Waals surface area contributed by atoms with E-state index in [1.165, 1.54) is 7.11 Å². The first-order valence-electron chi connectivity index (χ1n) is 3.84. The van der Waals surface area contributed by atoms with Gasteiger partial charge in [0.15, 0.2) is 0 Å². The molecule has 0 spiro atoms. The highest BCUT2D eigenvalue weighted by atomic mass is 79.9. The third-order valence-corrected chi connectivity index (χ3v) is 2.07. The van der Waals surface area contributed by atoms with Gasteiger partial charge in [-0.2, -0.15) is 0 Å². The normalized spacial score (nSPS) is 9.29. The average Bonchev–Trinajstić information content (AvgIpc) is 2.18. The van der Waals surface area contributed by atoms with E-state index in [1.807, 2.05) is 12.1 Å². The molecule has 1 aromatic rings.